The fourth-order valence-electron chi connectivity index (χ4n) is 1.55. The van der Waals surface area contributed by atoms with Gasteiger partial charge in [-0.1, -0.05) is 17.3 Å². The predicted octanol–water partition coefficient (Wildman–Crippen LogP) is 1.09. The molecule has 6 nitrogen and oxygen atoms in total. The minimum Gasteiger partial charge on any atom is -0.409 e. The highest BCUT2D eigenvalue weighted by atomic mass is 16.4. The number of carbonyl (C=O) groups excluding carboxylic acids is 1. The summed E-state index contributed by atoms with van der Waals surface area (Å²) in [4.78, 5) is 13.4. The van der Waals surface area contributed by atoms with Crippen molar-refractivity contribution in [1.29, 1.82) is 0 Å². The number of amidine groups is 1. The summed E-state index contributed by atoms with van der Waals surface area (Å²) in [6.07, 6.45) is 2.09. The number of carbonyl (C=O) groups is 1. The predicted molar refractivity (Wildman–Crippen MR) is 68.9 cm³/mol. The summed E-state index contributed by atoms with van der Waals surface area (Å²) in [6.45, 7) is 0. The minimum atomic E-state index is -0.144. The zero-order valence-electron chi connectivity index (χ0n) is 10.1. The lowest BCUT2D eigenvalue weighted by molar-refractivity contribution is 0.247. The van der Waals surface area contributed by atoms with E-state index in [1.54, 1.807) is 31.3 Å². The van der Waals surface area contributed by atoms with Crippen molar-refractivity contribution in [2.45, 2.75) is 18.9 Å². The summed E-state index contributed by atoms with van der Waals surface area (Å²) in [5.41, 5.74) is 6.77. The minimum absolute atomic E-state index is 0.0212. The maximum atomic E-state index is 11.8. The monoisotopic (exact) mass is 248 g/mol. The van der Waals surface area contributed by atoms with Gasteiger partial charge in [0.2, 0.25) is 0 Å². The molecule has 96 valence electrons. The van der Waals surface area contributed by atoms with Crippen LogP contribution in [-0.4, -0.2) is 30.2 Å². The number of amides is 2. The second kappa shape index (κ2) is 4.95. The Morgan fingerprint density at radius 2 is 2.28 bits per heavy atom. The van der Waals surface area contributed by atoms with Gasteiger partial charge in [0.15, 0.2) is 5.84 Å². The van der Waals surface area contributed by atoms with Crippen LogP contribution in [0.5, 0.6) is 0 Å². The molecule has 1 aromatic rings. The SMILES string of the molecule is CN(C(=O)NC1CC1)c1cccc(C(N)=NO)c1. The third-order valence-electron chi connectivity index (χ3n) is 2.85. The summed E-state index contributed by atoms with van der Waals surface area (Å²) in [6, 6.07) is 7.12. The third-order valence-corrected chi connectivity index (χ3v) is 2.85. The Bertz CT molecular complexity index is 483. The number of benzene rings is 1. The number of urea groups is 1. The number of rotatable bonds is 3. The number of nitrogens with two attached hydrogens (primary N) is 1. The van der Waals surface area contributed by atoms with Gasteiger partial charge in [0.25, 0.3) is 0 Å². The van der Waals surface area contributed by atoms with Crippen molar-refractivity contribution in [3.63, 3.8) is 0 Å². The molecule has 2 amide bonds. The van der Waals surface area contributed by atoms with Gasteiger partial charge in [-0.05, 0) is 25.0 Å². The Morgan fingerprint density at radius 1 is 1.56 bits per heavy atom. The van der Waals surface area contributed by atoms with Crippen molar-refractivity contribution in [2.24, 2.45) is 10.9 Å². The van der Waals surface area contributed by atoms with Crippen LogP contribution in [0.25, 0.3) is 0 Å². The molecule has 0 bridgehead atoms. The molecule has 0 aromatic heterocycles. The molecule has 1 aliphatic carbocycles. The number of oxime groups is 1. The van der Waals surface area contributed by atoms with E-state index in [0.29, 0.717) is 17.3 Å². The summed E-state index contributed by atoms with van der Waals surface area (Å²) in [7, 11) is 1.68. The second-order valence-corrected chi connectivity index (χ2v) is 4.32. The van der Waals surface area contributed by atoms with E-state index in [4.69, 9.17) is 10.9 Å². The van der Waals surface area contributed by atoms with Gasteiger partial charge in [-0.15, -0.1) is 0 Å². The lowest BCUT2D eigenvalue weighted by Gasteiger charge is -2.18. The van der Waals surface area contributed by atoms with Crippen LogP contribution >= 0.6 is 0 Å². The average Bonchev–Trinajstić information content (AvgIpc) is 3.20. The Morgan fingerprint density at radius 3 is 2.89 bits per heavy atom. The van der Waals surface area contributed by atoms with Crippen molar-refractivity contribution < 1.29 is 10.0 Å². The van der Waals surface area contributed by atoms with Crippen LogP contribution in [0, 0.1) is 0 Å². The molecule has 0 saturated heterocycles. The molecule has 2 rings (SSSR count). The van der Waals surface area contributed by atoms with Crippen LogP contribution in [0.2, 0.25) is 0 Å². The van der Waals surface area contributed by atoms with Gasteiger partial charge in [-0.2, -0.15) is 0 Å². The van der Waals surface area contributed by atoms with E-state index in [-0.39, 0.29) is 11.9 Å². The van der Waals surface area contributed by atoms with Crippen LogP contribution in [0.15, 0.2) is 29.4 Å². The van der Waals surface area contributed by atoms with Gasteiger partial charge >= 0.3 is 6.03 Å². The Kier molecular flexibility index (Phi) is 3.36. The zero-order chi connectivity index (χ0) is 13.1. The molecule has 0 atom stereocenters. The molecular weight excluding hydrogens is 232 g/mol. The van der Waals surface area contributed by atoms with Crippen molar-refractivity contribution in [3.8, 4) is 0 Å². The van der Waals surface area contributed by atoms with Gasteiger partial charge in [0.05, 0.1) is 0 Å². The van der Waals surface area contributed by atoms with Crippen LogP contribution < -0.4 is 16.0 Å². The topological polar surface area (TPSA) is 91.0 Å². The fraction of sp³-hybridized carbons (Fsp3) is 0.333. The van der Waals surface area contributed by atoms with Gasteiger partial charge in [0.1, 0.15) is 0 Å². The number of anilines is 1. The summed E-state index contributed by atoms with van der Waals surface area (Å²) < 4.78 is 0. The van der Waals surface area contributed by atoms with E-state index < -0.39 is 0 Å². The molecule has 0 aliphatic heterocycles. The Balaban J connectivity index is 2.13. The Hall–Kier alpha value is -2.24. The first kappa shape index (κ1) is 12.2. The maximum Gasteiger partial charge on any atom is 0.321 e. The average molecular weight is 248 g/mol. The van der Waals surface area contributed by atoms with Crippen LogP contribution in [0.3, 0.4) is 0 Å². The number of nitrogens with one attached hydrogen (secondary N) is 1. The van der Waals surface area contributed by atoms with E-state index in [1.807, 2.05) is 0 Å². The molecule has 1 aliphatic rings. The van der Waals surface area contributed by atoms with E-state index in [2.05, 4.69) is 10.5 Å². The fourth-order valence-corrected chi connectivity index (χ4v) is 1.55. The molecule has 1 aromatic carbocycles. The molecule has 1 saturated carbocycles. The van der Waals surface area contributed by atoms with Gasteiger partial charge < -0.3 is 16.3 Å². The molecule has 0 unspecified atom stereocenters. The van der Waals surface area contributed by atoms with E-state index >= 15 is 0 Å². The highest BCUT2D eigenvalue weighted by molar-refractivity contribution is 5.99. The van der Waals surface area contributed by atoms with Crippen LogP contribution in [0.1, 0.15) is 18.4 Å². The summed E-state index contributed by atoms with van der Waals surface area (Å²) >= 11 is 0. The molecule has 0 spiro atoms. The van der Waals surface area contributed by atoms with Crippen LogP contribution in [-0.2, 0) is 0 Å². The highest BCUT2D eigenvalue weighted by Gasteiger charge is 2.25. The second-order valence-electron chi connectivity index (χ2n) is 4.32. The van der Waals surface area contributed by atoms with E-state index in [0.717, 1.165) is 12.8 Å². The van der Waals surface area contributed by atoms with E-state index in [9.17, 15) is 4.79 Å². The molecule has 1 fully saturated rings. The number of hydrogen-bond donors (Lipinski definition) is 3. The molecule has 18 heavy (non-hydrogen) atoms. The maximum absolute atomic E-state index is 11.8. The van der Waals surface area contributed by atoms with Gasteiger partial charge in [-0.25, -0.2) is 4.79 Å². The molecular formula is C12H16N4O2. The molecule has 4 N–H and O–H groups in total. The number of hydrogen-bond acceptors (Lipinski definition) is 3. The van der Waals surface area contributed by atoms with Crippen molar-refractivity contribution in [1.82, 2.24) is 5.32 Å². The largest absolute Gasteiger partial charge is 0.409 e. The first-order valence-electron chi connectivity index (χ1n) is 5.74. The van der Waals surface area contributed by atoms with Crippen molar-refractivity contribution in [3.05, 3.63) is 29.8 Å². The van der Waals surface area contributed by atoms with Gasteiger partial charge in [-0.3, -0.25) is 4.90 Å². The summed E-state index contributed by atoms with van der Waals surface area (Å²) in [5, 5.41) is 14.5. The standard InChI is InChI=1S/C12H16N4O2/c1-16(12(17)14-9-5-6-9)10-4-2-3-8(7-10)11(13)15-18/h2-4,7,9,18H,5-6H2,1H3,(H2,13,15)(H,14,17). The highest BCUT2D eigenvalue weighted by Crippen LogP contribution is 2.20. The van der Waals surface area contributed by atoms with Crippen LogP contribution in [0.4, 0.5) is 10.5 Å². The first-order valence-corrected chi connectivity index (χ1v) is 5.74. The third kappa shape index (κ3) is 2.71. The molecule has 0 heterocycles. The zero-order valence-corrected chi connectivity index (χ0v) is 10.1. The lowest BCUT2D eigenvalue weighted by atomic mass is 10.2. The Labute approximate surface area is 105 Å². The first-order chi connectivity index (χ1) is 8.61. The number of nitrogens with zero attached hydrogens (tertiary/aromatic N) is 2. The lowest BCUT2D eigenvalue weighted by Crippen LogP contribution is -2.38. The smallest absolute Gasteiger partial charge is 0.321 e. The molecule has 0 radical (unpaired) electrons. The normalized spacial score (nSPS) is 15.3. The van der Waals surface area contributed by atoms with E-state index in [1.165, 1.54) is 4.90 Å². The molecule has 6 heteroatoms. The quantitative estimate of drug-likeness (QED) is 0.323. The summed E-state index contributed by atoms with van der Waals surface area (Å²) in [5.74, 6) is 0.0212. The van der Waals surface area contributed by atoms with Crippen molar-refractivity contribution >= 4 is 17.6 Å². The van der Waals surface area contributed by atoms with Gasteiger partial charge in [0, 0.05) is 24.3 Å². The van der Waals surface area contributed by atoms with Crippen molar-refractivity contribution in [2.75, 3.05) is 11.9 Å².